The molecule has 4 heteroatoms. The van der Waals surface area contributed by atoms with E-state index in [1.807, 2.05) is 0 Å². The average Bonchev–Trinajstić information content (AvgIpc) is 2.85. The lowest BCUT2D eigenvalue weighted by Crippen LogP contribution is -2.55. The number of nitrogens with zero attached hydrogens (tertiary/aromatic N) is 1. The van der Waals surface area contributed by atoms with Crippen LogP contribution in [-0.4, -0.2) is 47.7 Å². The van der Waals surface area contributed by atoms with Crippen LogP contribution in [0.3, 0.4) is 0 Å². The quantitative estimate of drug-likeness (QED) is 0.651. The van der Waals surface area contributed by atoms with Gasteiger partial charge in [0.15, 0.2) is 0 Å². The first kappa shape index (κ1) is 18.4. The second-order valence-corrected chi connectivity index (χ2v) is 6.87. The van der Waals surface area contributed by atoms with Gasteiger partial charge >= 0.3 is 5.97 Å². The van der Waals surface area contributed by atoms with Crippen molar-refractivity contribution in [1.82, 2.24) is 10.2 Å². The van der Waals surface area contributed by atoms with E-state index >= 15 is 0 Å². The predicted molar refractivity (Wildman–Crippen MR) is 87.6 cm³/mol. The van der Waals surface area contributed by atoms with Gasteiger partial charge in [0.2, 0.25) is 0 Å². The highest BCUT2D eigenvalue weighted by atomic mass is 16.4. The van der Waals surface area contributed by atoms with E-state index in [1.165, 1.54) is 0 Å². The van der Waals surface area contributed by atoms with Crippen LogP contribution >= 0.6 is 0 Å². The summed E-state index contributed by atoms with van der Waals surface area (Å²) in [6.07, 6.45) is 4.83. The zero-order valence-electron chi connectivity index (χ0n) is 14.3. The molecule has 0 bridgehead atoms. The molecule has 1 aliphatic rings. The van der Waals surface area contributed by atoms with Gasteiger partial charge in [0, 0.05) is 6.54 Å². The smallest absolute Gasteiger partial charge is 0.324 e. The monoisotopic (exact) mass is 298 g/mol. The molecule has 0 heterocycles. The largest absolute Gasteiger partial charge is 0.480 e. The normalized spacial score (nSPS) is 25.9. The molecule has 2 unspecified atom stereocenters. The summed E-state index contributed by atoms with van der Waals surface area (Å²) >= 11 is 0. The van der Waals surface area contributed by atoms with Crippen molar-refractivity contribution in [2.45, 2.75) is 65.3 Å². The maximum absolute atomic E-state index is 11.9. The fraction of sp³-hybridized carbons (Fsp3) is 0.941. The molecule has 0 saturated heterocycles. The maximum Gasteiger partial charge on any atom is 0.324 e. The van der Waals surface area contributed by atoms with E-state index in [0.29, 0.717) is 5.92 Å². The third-order valence-corrected chi connectivity index (χ3v) is 4.76. The molecule has 1 aliphatic carbocycles. The summed E-state index contributed by atoms with van der Waals surface area (Å²) in [5.74, 6) is 0.282. The molecule has 0 aliphatic heterocycles. The molecule has 2 N–H and O–H groups in total. The Kier molecular flexibility index (Phi) is 7.67. The van der Waals surface area contributed by atoms with Crippen LogP contribution in [0.2, 0.25) is 0 Å². The van der Waals surface area contributed by atoms with Crippen molar-refractivity contribution >= 4 is 5.97 Å². The van der Waals surface area contributed by atoms with E-state index in [9.17, 15) is 9.90 Å². The van der Waals surface area contributed by atoms with Gasteiger partial charge in [-0.15, -0.1) is 0 Å². The Morgan fingerprint density at radius 3 is 2.67 bits per heavy atom. The number of nitrogens with one attached hydrogen (secondary N) is 1. The number of carbonyl (C=O) groups is 1. The molecule has 0 aromatic heterocycles. The van der Waals surface area contributed by atoms with Crippen molar-refractivity contribution in [2.75, 3.05) is 26.2 Å². The molecule has 0 aromatic rings. The highest BCUT2D eigenvalue weighted by Crippen LogP contribution is 2.38. The third kappa shape index (κ3) is 4.96. The van der Waals surface area contributed by atoms with E-state index < -0.39 is 11.5 Å². The highest BCUT2D eigenvalue weighted by molar-refractivity contribution is 5.79. The second-order valence-electron chi connectivity index (χ2n) is 6.87. The van der Waals surface area contributed by atoms with E-state index in [1.54, 1.807) is 0 Å². The summed E-state index contributed by atoms with van der Waals surface area (Å²) in [5, 5.41) is 13.1. The van der Waals surface area contributed by atoms with Crippen molar-refractivity contribution in [2.24, 2.45) is 11.8 Å². The van der Waals surface area contributed by atoms with Gasteiger partial charge in [0.25, 0.3) is 0 Å². The zero-order valence-corrected chi connectivity index (χ0v) is 14.3. The van der Waals surface area contributed by atoms with Gasteiger partial charge in [0.1, 0.15) is 5.54 Å². The Hall–Kier alpha value is -0.610. The Morgan fingerprint density at radius 1 is 1.43 bits per heavy atom. The van der Waals surface area contributed by atoms with Gasteiger partial charge < -0.3 is 15.3 Å². The Labute approximate surface area is 130 Å². The number of hydrogen-bond acceptors (Lipinski definition) is 3. The number of aliphatic carboxylic acids is 1. The molecule has 2 atom stereocenters. The van der Waals surface area contributed by atoms with Crippen LogP contribution in [0.15, 0.2) is 0 Å². The number of carboxylic acids is 1. The first-order chi connectivity index (χ1) is 9.96. The van der Waals surface area contributed by atoms with Crippen LogP contribution in [0.4, 0.5) is 0 Å². The standard InChI is InChI=1S/C17H34N2O2/c1-5-11-18-17(16(20)21)10-7-8-15(17)9-12-19(6-2)13-14(3)4/h14-15,18H,5-13H2,1-4H3,(H,20,21). The van der Waals surface area contributed by atoms with Crippen LogP contribution < -0.4 is 5.32 Å². The Bertz CT molecular complexity index is 320. The molecule has 0 spiro atoms. The lowest BCUT2D eigenvalue weighted by molar-refractivity contribution is -0.146. The van der Waals surface area contributed by atoms with Gasteiger partial charge in [-0.25, -0.2) is 0 Å². The van der Waals surface area contributed by atoms with Crippen molar-refractivity contribution in [3.8, 4) is 0 Å². The molecule has 1 saturated carbocycles. The van der Waals surface area contributed by atoms with Gasteiger partial charge in [0.05, 0.1) is 0 Å². The molecule has 1 fully saturated rings. The number of hydrogen-bond donors (Lipinski definition) is 2. The molecule has 1 rings (SSSR count). The minimum Gasteiger partial charge on any atom is -0.480 e. The predicted octanol–water partition coefficient (Wildman–Crippen LogP) is 2.98. The summed E-state index contributed by atoms with van der Waals surface area (Å²) < 4.78 is 0. The summed E-state index contributed by atoms with van der Waals surface area (Å²) in [6, 6.07) is 0. The average molecular weight is 298 g/mol. The molecular weight excluding hydrogens is 264 g/mol. The van der Waals surface area contributed by atoms with Gasteiger partial charge in [-0.2, -0.15) is 0 Å². The second kappa shape index (κ2) is 8.74. The SMILES string of the molecule is CCCNC1(C(=O)O)CCCC1CCN(CC)CC(C)C. The highest BCUT2D eigenvalue weighted by Gasteiger charge is 2.48. The molecular formula is C17H34N2O2. The summed E-state index contributed by atoms with van der Waals surface area (Å²) in [7, 11) is 0. The molecule has 124 valence electrons. The van der Waals surface area contributed by atoms with Crippen LogP contribution in [-0.2, 0) is 4.79 Å². The minimum absolute atomic E-state index is 0.266. The lowest BCUT2D eigenvalue weighted by Gasteiger charge is -2.34. The van der Waals surface area contributed by atoms with Crippen molar-refractivity contribution in [1.29, 1.82) is 0 Å². The van der Waals surface area contributed by atoms with Crippen LogP contribution in [0.1, 0.15) is 59.8 Å². The molecule has 0 amide bonds. The van der Waals surface area contributed by atoms with Crippen LogP contribution in [0.25, 0.3) is 0 Å². The topological polar surface area (TPSA) is 52.6 Å². The van der Waals surface area contributed by atoms with Crippen LogP contribution in [0, 0.1) is 11.8 Å². The Morgan fingerprint density at radius 2 is 2.14 bits per heavy atom. The maximum atomic E-state index is 11.9. The summed E-state index contributed by atoms with van der Waals surface area (Å²) in [5.41, 5.74) is -0.673. The number of carboxylic acid groups (broad SMARTS) is 1. The first-order valence-corrected chi connectivity index (χ1v) is 8.67. The van der Waals surface area contributed by atoms with Crippen LogP contribution in [0.5, 0.6) is 0 Å². The zero-order chi connectivity index (χ0) is 15.9. The molecule has 4 nitrogen and oxygen atoms in total. The summed E-state index contributed by atoms with van der Waals surface area (Å²) in [6.45, 7) is 12.7. The van der Waals surface area contributed by atoms with E-state index in [2.05, 4.69) is 37.9 Å². The first-order valence-electron chi connectivity index (χ1n) is 8.67. The van der Waals surface area contributed by atoms with Crippen molar-refractivity contribution in [3.63, 3.8) is 0 Å². The van der Waals surface area contributed by atoms with Gasteiger partial charge in [-0.05, 0) is 57.2 Å². The van der Waals surface area contributed by atoms with E-state index in [-0.39, 0.29) is 5.92 Å². The summed E-state index contributed by atoms with van der Waals surface area (Å²) in [4.78, 5) is 14.3. The fourth-order valence-corrected chi connectivity index (χ4v) is 3.64. The molecule has 0 radical (unpaired) electrons. The van der Waals surface area contributed by atoms with Gasteiger partial charge in [-0.3, -0.25) is 4.79 Å². The van der Waals surface area contributed by atoms with Crippen molar-refractivity contribution < 1.29 is 9.90 Å². The minimum atomic E-state index is -0.673. The third-order valence-electron chi connectivity index (χ3n) is 4.76. The fourth-order valence-electron chi connectivity index (χ4n) is 3.64. The van der Waals surface area contributed by atoms with Crippen molar-refractivity contribution in [3.05, 3.63) is 0 Å². The number of rotatable bonds is 10. The lowest BCUT2D eigenvalue weighted by atomic mass is 9.84. The van der Waals surface area contributed by atoms with Gasteiger partial charge in [-0.1, -0.05) is 34.1 Å². The van der Waals surface area contributed by atoms with E-state index in [4.69, 9.17) is 0 Å². The molecule has 0 aromatic carbocycles. The van der Waals surface area contributed by atoms with E-state index in [0.717, 1.165) is 58.3 Å². The molecule has 21 heavy (non-hydrogen) atoms. The Balaban J connectivity index is 2.64.